The van der Waals surface area contributed by atoms with Crippen molar-refractivity contribution in [2.45, 2.75) is 62.6 Å². The van der Waals surface area contributed by atoms with Gasteiger partial charge in [0.2, 0.25) is 0 Å². The molecule has 4 heteroatoms. The van der Waals surface area contributed by atoms with Crippen molar-refractivity contribution in [2.24, 2.45) is 5.73 Å². The van der Waals surface area contributed by atoms with E-state index in [9.17, 15) is 0 Å². The smallest absolute Gasteiger partial charge is 0.0638 e. The van der Waals surface area contributed by atoms with Gasteiger partial charge in [0.1, 0.15) is 0 Å². The lowest BCUT2D eigenvalue weighted by atomic mass is 9.82. The molecular weight excluding hydrogens is 296 g/mol. The highest BCUT2D eigenvalue weighted by atomic mass is 35.5. The third-order valence-corrected chi connectivity index (χ3v) is 5.51. The molecule has 1 aliphatic carbocycles. The Hall–Kier alpha value is -0.610. The second-order valence-electron chi connectivity index (χ2n) is 6.70. The molecule has 1 saturated carbocycles. The summed E-state index contributed by atoms with van der Waals surface area (Å²) in [5.74, 6) is 0.587. The average molecular weight is 323 g/mol. The van der Waals surface area contributed by atoms with Gasteiger partial charge in [0, 0.05) is 17.1 Å². The number of hydrogen-bond donors (Lipinski definition) is 2. The van der Waals surface area contributed by atoms with Crippen LogP contribution in [-0.4, -0.2) is 31.3 Å². The largest absolute Gasteiger partial charge is 0.377 e. The van der Waals surface area contributed by atoms with Crippen LogP contribution in [0.4, 0.5) is 0 Å². The molecule has 2 atom stereocenters. The molecule has 2 aliphatic rings. The molecule has 122 valence electrons. The summed E-state index contributed by atoms with van der Waals surface area (Å²) in [5, 5.41) is 4.39. The van der Waals surface area contributed by atoms with E-state index < -0.39 is 0 Å². The van der Waals surface area contributed by atoms with Gasteiger partial charge in [-0.2, -0.15) is 0 Å². The second kappa shape index (κ2) is 7.78. The van der Waals surface area contributed by atoms with Crippen LogP contribution in [0.1, 0.15) is 50.0 Å². The highest BCUT2D eigenvalue weighted by Crippen LogP contribution is 2.37. The van der Waals surface area contributed by atoms with Gasteiger partial charge in [-0.25, -0.2) is 0 Å². The zero-order chi connectivity index (χ0) is 15.4. The third kappa shape index (κ3) is 4.02. The van der Waals surface area contributed by atoms with Crippen molar-refractivity contribution in [3.8, 4) is 0 Å². The molecule has 1 aliphatic heterocycles. The van der Waals surface area contributed by atoms with Crippen LogP contribution in [0.5, 0.6) is 0 Å². The Kier molecular flexibility index (Phi) is 5.75. The van der Waals surface area contributed by atoms with E-state index in [-0.39, 0.29) is 6.04 Å². The lowest BCUT2D eigenvalue weighted by molar-refractivity contribution is 0.00620. The topological polar surface area (TPSA) is 47.3 Å². The standard InChI is InChI=1S/C18H27ClN2O/c19-16-5-2-1-4-15(16)13-7-9-14(10-8-13)22-12-18-17(20)6-3-11-21-18/h1-2,4-5,13-14,17-18,21H,3,6-12,20H2. The van der Waals surface area contributed by atoms with Gasteiger partial charge in [-0.3, -0.25) is 0 Å². The van der Waals surface area contributed by atoms with Crippen molar-refractivity contribution in [2.75, 3.05) is 13.2 Å². The van der Waals surface area contributed by atoms with Crippen LogP contribution in [0.15, 0.2) is 24.3 Å². The van der Waals surface area contributed by atoms with E-state index in [1.165, 1.54) is 24.8 Å². The molecule has 3 N–H and O–H groups in total. The minimum absolute atomic E-state index is 0.244. The zero-order valence-electron chi connectivity index (χ0n) is 13.1. The minimum Gasteiger partial charge on any atom is -0.377 e. The number of benzene rings is 1. The molecule has 0 spiro atoms. The quantitative estimate of drug-likeness (QED) is 0.892. The Labute approximate surface area is 138 Å². The molecule has 1 heterocycles. The Morgan fingerprint density at radius 2 is 1.91 bits per heavy atom. The predicted molar refractivity (Wildman–Crippen MR) is 91.4 cm³/mol. The Balaban J connectivity index is 1.45. The summed E-state index contributed by atoms with van der Waals surface area (Å²) in [7, 11) is 0. The van der Waals surface area contributed by atoms with Gasteiger partial charge in [0.25, 0.3) is 0 Å². The number of nitrogens with one attached hydrogen (secondary N) is 1. The van der Waals surface area contributed by atoms with E-state index in [1.54, 1.807) is 0 Å². The van der Waals surface area contributed by atoms with Crippen molar-refractivity contribution in [1.29, 1.82) is 0 Å². The molecule has 0 amide bonds. The van der Waals surface area contributed by atoms with Crippen LogP contribution in [0, 0.1) is 0 Å². The first-order chi connectivity index (χ1) is 10.7. The summed E-state index contributed by atoms with van der Waals surface area (Å²) in [6.45, 7) is 1.82. The second-order valence-corrected chi connectivity index (χ2v) is 7.10. The van der Waals surface area contributed by atoms with Gasteiger partial charge in [0.15, 0.2) is 0 Å². The number of ether oxygens (including phenoxy) is 1. The molecule has 1 aromatic carbocycles. The molecule has 0 aromatic heterocycles. The first kappa shape index (κ1) is 16.3. The molecule has 2 unspecified atom stereocenters. The van der Waals surface area contributed by atoms with Crippen molar-refractivity contribution in [3.05, 3.63) is 34.9 Å². The average Bonchev–Trinajstić information content (AvgIpc) is 2.55. The summed E-state index contributed by atoms with van der Waals surface area (Å²) in [6.07, 6.45) is 7.25. The highest BCUT2D eigenvalue weighted by Gasteiger charge is 2.26. The molecule has 2 fully saturated rings. The maximum absolute atomic E-state index is 6.32. The maximum Gasteiger partial charge on any atom is 0.0638 e. The number of nitrogens with two attached hydrogens (primary N) is 1. The van der Waals surface area contributed by atoms with Gasteiger partial charge in [-0.05, 0) is 62.6 Å². The van der Waals surface area contributed by atoms with Crippen molar-refractivity contribution >= 4 is 11.6 Å². The summed E-state index contributed by atoms with van der Waals surface area (Å²) < 4.78 is 6.13. The lowest BCUT2D eigenvalue weighted by Crippen LogP contribution is -2.52. The highest BCUT2D eigenvalue weighted by molar-refractivity contribution is 6.31. The molecule has 1 saturated heterocycles. The number of hydrogen-bond acceptors (Lipinski definition) is 3. The SMILES string of the molecule is NC1CCCNC1COC1CCC(c2ccccc2Cl)CC1. The Bertz CT molecular complexity index is 474. The Morgan fingerprint density at radius 1 is 1.14 bits per heavy atom. The first-order valence-electron chi connectivity index (χ1n) is 8.59. The lowest BCUT2D eigenvalue weighted by Gasteiger charge is -2.33. The van der Waals surface area contributed by atoms with Gasteiger partial charge >= 0.3 is 0 Å². The van der Waals surface area contributed by atoms with E-state index in [0.29, 0.717) is 18.1 Å². The van der Waals surface area contributed by atoms with E-state index in [1.807, 2.05) is 12.1 Å². The normalized spacial score (nSPS) is 32.8. The van der Waals surface area contributed by atoms with E-state index in [4.69, 9.17) is 22.1 Å². The fourth-order valence-electron chi connectivity index (χ4n) is 3.75. The van der Waals surface area contributed by atoms with Crippen molar-refractivity contribution in [1.82, 2.24) is 5.32 Å². The number of rotatable bonds is 4. The maximum atomic E-state index is 6.32. The first-order valence-corrected chi connectivity index (χ1v) is 8.97. The summed E-state index contributed by atoms with van der Waals surface area (Å²) >= 11 is 6.32. The Morgan fingerprint density at radius 3 is 2.64 bits per heavy atom. The van der Waals surface area contributed by atoms with E-state index in [0.717, 1.165) is 37.4 Å². The fourth-order valence-corrected chi connectivity index (χ4v) is 4.04. The van der Waals surface area contributed by atoms with E-state index in [2.05, 4.69) is 17.4 Å². The van der Waals surface area contributed by atoms with Crippen LogP contribution >= 0.6 is 11.6 Å². The van der Waals surface area contributed by atoms with Gasteiger partial charge in [-0.1, -0.05) is 29.8 Å². The van der Waals surface area contributed by atoms with Crippen molar-refractivity contribution in [3.63, 3.8) is 0 Å². The van der Waals surface area contributed by atoms with Crippen LogP contribution in [0.3, 0.4) is 0 Å². The predicted octanol–water partition coefficient (Wildman–Crippen LogP) is 3.46. The zero-order valence-corrected chi connectivity index (χ0v) is 13.9. The third-order valence-electron chi connectivity index (χ3n) is 5.17. The molecule has 3 nitrogen and oxygen atoms in total. The van der Waals surface area contributed by atoms with Crippen LogP contribution in [0.2, 0.25) is 5.02 Å². The number of piperidine rings is 1. The van der Waals surface area contributed by atoms with Crippen LogP contribution in [-0.2, 0) is 4.74 Å². The molecule has 22 heavy (non-hydrogen) atoms. The minimum atomic E-state index is 0.244. The monoisotopic (exact) mass is 322 g/mol. The molecule has 0 bridgehead atoms. The molecule has 1 aromatic rings. The fraction of sp³-hybridized carbons (Fsp3) is 0.667. The van der Waals surface area contributed by atoms with Crippen molar-refractivity contribution < 1.29 is 4.74 Å². The molecular formula is C18H27ClN2O. The van der Waals surface area contributed by atoms with Gasteiger partial charge in [-0.15, -0.1) is 0 Å². The number of halogens is 1. The molecule has 3 rings (SSSR count). The van der Waals surface area contributed by atoms with Gasteiger partial charge in [0.05, 0.1) is 12.7 Å². The summed E-state index contributed by atoms with van der Waals surface area (Å²) in [5.41, 5.74) is 7.46. The van der Waals surface area contributed by atoms with Gasteiger partial charge < -0.3 is 15.8 Å². The summed E-state index contributed by atoms with van der Waals surface area (Å²) in [6, 6.07) is 8.82. The van der Waals surface area contributed by atoms with Crippen LogP contribution < -0.4 is 11.1 Å². The van der Waals surface area contributed by atoms with Crippen LogP contribution in [0.25, 0.3) is 0 Å². The molecule has 0 radical (unpaired) electrons. The summed E-state index contributed by atoms with van der Waals surface area (Å²) in [4.78, 5) is 0. The van der Waals surface area contributed by atoms with E-state index >= 15 is 0 Å².